The number of hydrogen-bond donors (Lipinski definition) is 0. The number of ether oxygens (including phenoxy) is 1. The molecular weight excluding hydrogens is 377 g/mol. The van der Waals surface area contributed by atoms with Crippen LogP contribution in [0.1, 0.15) is 79.1 Å². The Balaban J connectivity index is 1.55. The summed E-state index contributed by atoms with van der Waals surface area (Å²) in [5.41, 5.74) is -1.57. The average molecular weight is 419 g/mol. The molecule has 0 radical (unpaired) electrons. The summed E-state index contributed by atoms with van der Waals surface area (Å²) in [6.45, 7) is 12.5. The van der Waals surface area contributed by atoms with Gasteiger partial charge in [0.1, 0.15) is 0 Å². The minimum absolute atomic E-state index is 0.0832. The maximum atomic E-state index is 14.1. The molecule has 0 N–H and O–H groups in total. The fourth-order valence-corrected chi connectivity index (χ4v) is 5.50. The summed E-state index contributed by atoms with van der Waals surface area (Å²) in [6, 6.07) is 0.497. The molecule has 3 fully saturated rings. The molecule has 2 saturated heterocycles. The van der Waals surface area contributed by atoms with Gasteiger partial charge in [-0.3, -0.25) is 0 Å². The maximum Gasteiger partial charge on any atom is 0.417 e. The lowest BCUT2D eigenvalue weighted by atomic mass is 9.87. The molecule has 170 valence electrons. The van der Waals surface area contributed by atoms with Crippen molar-refractivity contribution in [3.8, 4) is 0 Å². The number of rotatable bonds is 8. The Bertz CT molecular complexity index is 517. The second-order valence-corrected chi connectivity index (χ2v) is 10.5. The van der Waals surface area contributed by atoms with Crippen molar-refractivity contribution in [2.45, 2.75) is 103 Å². The second-order valence-electron chi connectivity index (χ2n) is 10.5. The molecule has 1 saturated carbocycles. The van der Waals surface area contributed by atoms with Crippen molar-refractivity contribution in [3.05, 3.63) is 0 Å². The van der Waals surface area contributed by atoms with Crippen molar-refractivity contribution in [2.75, 3.05) is 32.7 Å². The van der Waals surface area contributed by atoms with E-state index < -0.39 is 11.8 Å². The Hall–Kier alpha value is -0.330. The van der Waals surface area contributed by atoms with E-state index >= 15 is 0 Å². The lowest BCUT2D eigenvalue weighted by Gasteiger charge is -2.46. The van der Waals surface area contributed by atoms with Crippen LogP contribution in [-0.2, 0) is 4.74 Å². The first-order valence-corrected chi connectivity index (χ1v) is 11.8. The summed E-state index contributed by atoms with van der Waals surface area (Å²) >= 11 is 0. The van der Waals surface area contributed by atoms with Crippen LogP contribution in [0.15, 0.2) is 0 Å². The first kappa shape index (κ1) is 23.3. The lowest BCUT2D eigenvalue weighted by molar-refractivity contribution is -0.306. The van der Waals surface area contributed by atoms with Crippen LogP contribution in [-0.4, -0.2) is 66.4 Å². The molecular formula is C23H41F3N2O. The maximum absolute atomic E-state index is 14.1. The van der Waals surface area contributed by atoms with Crippen molar-refractivity contribution in [3.63, 3.8) is 0 Å². The monoisotopic (exact) mass is 418 g/mol. The minimum Gasteiger partial charge on any atom is -0.362 e. The number of nitrogens with zero attached hydrogens (tertiary/aromatic N) is 2. The molecule has 29 heavy (non-hydrogen) atoms. The Morgan fingerprint density at radius 3 is 2.00 bits per heavy atom. The predicted molar refractivity (Wildman–Crippen MR) is 111 cm³/mol. The Morgan fingerprint density at radius 2 is 1.55 bits per heavy atom. The molecule has 3 rings (SSSR count). The Kier molecular flexibility index (Phi) is 7.27. The fraction of sp³-hybridized carbons (Fsp3) is 1.00. The molecule has 3 nitrogen and oxygen atoms in total. The molecule has 2 aliphatic heterocycles. The molecule has 6 heteroatoms. The number of piperidine rings is 2. The smallest absolute Gasteiger partial charge is 0.362 e. The zero-order valence-electron chi connectivity index (χ0n) is 18.9. The van der Waals surface area contributed by atoms with Crippen LogP contribution < -0.4 is 0 Å². The van der Waals surface area contributed by atoms with Gasteiger partial charge in [-0.25, -0.2) is 0 Å². The number of halogens is 3. The SMILES string of the molecule is CCC(C)N1CCC(OC2(C(F)(F)F)CCN(CC3(CC(C)C)CC3)CC2)CC1. The van der Waals surface area contributed by atoms with E-state index in [0.29, 0.717) is 43.3 Å². The van der Waals surface area contributed by atoms with Gasteiger partial charge in [-0.2, -0.15) is 13.2 Å². The summed E-state index contributed by atoms with van der Waals surface area (Å²) in [6.07, 6.45) is 1.77. The zero-order valence-corrected chi connectivity index (χ0v) is 18.9. The molecule has 1 atom stereocenters. The zero-order chi connectivity index (χ0) is 21.3. The van der Waals surface area contributed by atoms with E-state index in [0.717, 1.165) is 26.1 Å². The van der Waals surface area contributed by atoms with Crippen LogP contribution in [0.3, 0.4) is 0 Å². The van der Waals surface area contributed by atoms with Gasteiger partial charge in [-0.05, 0) is 69.6 Å². The summed E-state index contributed by atoms with van der Waals surface area (Å²) < 4.78 is 48.2. The normalized spacial score (nSPS) is 27.3. The highest BCUT2D eigenvalue weighted by atomic mass is 19.4. The molecule has 0 amide bonds. The minimum atomic E-state index is -4.29. The highest BCUT2D eigenvalue weighted by molar-refractivity contribution is 5.00. The quantitative estimate of drug-likeness (QED) is 0.518. The van der Waals surface area contributed by atoms with Gasteiger partial charge in [0.25, 0.3) is 0 Å². The first-order chi connectivity index (χ1) is 13.6. The van der Waals surface area contributed by atoms with Crippen LogP contribution in [0.2, 0.25) is 0 Å². The summed E-state index contributed by atoms with van der Waals surface area (Å²) in [4.78, 5) is 4.65. The molecule has 0 aromatic rings. The first-order valence-electron chi connectivity index (χ1n) is 11.8. The number of hydrogen-bond acceptors (Lipinski definition) is 3. The molecule has 3 aliphatic rings. The van der Waals surface area contributed by atoms with E-state index in [1.807, 2.05) is 0 Å². The molecule has 0 aromatic heterocycles. The van der Waals surface area contributed by atoms with E-state index in [1.165, 1.54) is 19.3 Å². The van der Waals surface area contributed by atoms with Crippen molar-refractivity contribution in [1.82, 2.24) is 9.80 Å². The molecule has 0 spiro atoms. The second kappa shape index (κ2) is 9.04. The van der Waals surface area contributed by atoms with Crippen molar-refractivity contribution in [2.24, 2.45) is 11.3 Å². The third-order valence-electron chi connectivity index (χ3n) is 7.62. The fourth-order valence-electron chi connectivity index (χ4n) is 5.50. The van der Waals surface area contributed by atoms with Gasteiger partial charge in [-0.15, -0.1) is 0 Å². The summed E-state index contributed by atoms with van der Waals surface area (Å²) in [5, 5.41) is 0. The van der Waals surface area contributed by atoms with Gasteiger partial charge in [-0.1, -0.05) is 20.8 Å². The Morgan fingerprint density at radius 1 is 0.966 bits per heavy atom. The molecule has 0 bridgehead atoms. The van der Waals surface area contributed by atoms with E-state index in [9.17, 15) is 13.2 Å². The third-order valence-corrected chi connectivity index (χ3v) is 7.62. The van der Waals surface area contributed by atoms with Crippen LogP contribution >= 0.6 is 0 Å². The third kappa shape index (κ3) is 5.68. The lowest BCUT2D eigenvalue weighted by Crippen LogP contribution is -2.58. The van der Waals surface area contributed by atoms with Crippen LogP contribution in [0, 0.1) is 11.3 Å². The van der Waals surface area contributed by atoms with E-state index in [-0.39, 0.29) is 18.9 Å². The van der Waals surface area contributed by atoms with E-state index in [4.69, 9.17) is 4.74 Å². The summed E-state index contributed by atoms with van der Waals surface area (Å²) in [7, 11) is 0. The molecule has 2 heterocycles. The summed E-state index contributed by atoms with van der Waals surface area (Å²) in [5.74, 6) is 0.654. The van der Waals surface area contributed by atoms with E-state index in [2.05, 4.69) is 37.5 Å². The van der Waals surface area contributed by atoms with Crippen LogP contribution in [0.25, 0.3) is 0 Å². The van der Waals surface area contributed by atoms with Crippen molar-refractivity contribution >= 4 is 0 Å². The van der Waals surface area contributed by atoms with Gasteiger partial charge in [0.15, 0.2) is 5.60 Å². The highest BCUT2D eigenvalue weighted by Gasteiger charge is 2.58. The number of alkyl halides is 3. The molecule has 1 aliphatic carbocycles. The molecule has 1 unspecified atom stereocenters. The van der Waals surface area contributed by atoms with Crippen LogP contribution in [0.4, 0.5) is 13.2 Å². The van der Waals surface area contributed by atoms with Gasteiger partial charge < -0.3 is 14.5 Å². The van der Waals surface area contributed by atoms with E-state index in [1.54, 1.807) is 0 Å². The van der Waals surface area contributed by atoms with Crippen molar-refractivity contribution in [1.29, 1.82) is 0 Å². The largest absolute Gasteiger partial charge is 0.417 e. The van der Waals surface area contributed by atoms with Gasteiger partial charge >= 0.3 is 6.18 Å². The topological polar surface area (TPSA) is 15.7 Å². The Labute approximate surface area is 175 Å². The number of likely N-dealkylation sites (tertiary alicyclic amines) is 2. The average Bonchev–Trinajstić information content (AvgIpc) is 3.40. The van der Waals surface area contributed by atoms with Gasteiger partial charge in [0.05, 0.1) is 6.10 Å². The van der Waals surface area contributed by atoms with Gasteiger partial charge in [0.2, 0.25) is 0 Å². The standard InChI is InChI=1S/C23H41F3N2O/c1-5-19(4)28-12-6-20(7-13-28)29-22(23(24,25)26)10-14-27(15-11-22)17-21(8-9-21)16-18(2)3/h18-20H,5-17H2,1-4H3. The highest BCUT2D eigenvalue weighted by Crippen LogP contribution is 2.52. The predicted octanol–water partition coefficient (Wildman–Crippen LogP) is 5.49. The van der Waals surface area contributed by atoms with Crippen molar-refractivity contribution < 1.29 is 17.9 Å². The molecule has 0 aromatic carbocycles. The van der Waals surface area contributed by atoms with Gasteiger partial charge in [0, 0.05) is 38.8 Å². The van der Waals surface area contributed by atoms with Crippen LogP contribution in [0.5, 0.6) is 0 Å².